The highest BCUT2D eigenvalue weighted by Gasteiger charge is 2.30. The summed E-state index contributed by atoms with van der Waals surface area (Å²) >= 11 is 0. The van der Waals surface area contributed by atoms with Gasteiger partial charge in [0, 0.05) is 141 Å². The van der Waals surface area contributed by atoms with E-state index in [-0.39, 0.29) is 5.82 Å². The van der Waals surface area contributed by atoms with Crippen LogP contribution in [0.15, 0.2) is 189 Å². The van der Waals surface area contributed by atoms with Crippen LogP contribution >= 0.6 is 0 Å². The number of hydrogen-bond donors (Lipinski definition) is 1. The first-order valence-electron chi connectivity index (χ1n) is 33.8. The second-order valence-electron chi connectivity index (χ2n) is 27.0. The van der Waals surface area contributed by atoms with Gasteiger partial charge in [0.1, 0.15) is 12.1 Å². The first-order chi connectivity index (χ1) is 47.4. The maximum Gasteiger partial charge on any atom is 0.185 e. The molecule has 2 unspecified atom stereocenters. The zero-order chi connectivity index (χ0) is 66.0. The van der Waals surface area contributed by atoms with Crippen molar-refractivity contribution in [1.82, 2.24) is 57.4 Å². The zero-order valence-corrected chi connectivity index (χ0v) is 55.4. The number of fused-ring (bicyclic) bond motifs is 15. The Morgan fingerprint density at radius 3 is 1.71 bits per heavy atom. The molecule has 18 heteroatoms. The van der Waals surface area contributed by atoms with Gasteiger partial charge in [-0.2, -0.15) is 10.5 Å². The topological polar surface area (TPSA) is 154 Å². The Bertz CT molecular complexity index is 5000. The molecule has 3 atom stereocenters. The number of nitrogens with zero attached hydrogens (tertiary/aromatic N) is 16. The van der Waals surface area contributed by atoms with Gasteiger partial charge in [-0.1, -0.05) is 49.7 Å². The molecule has 6 aromatic carbocycles. The van der Waals surface area contributed by atoms with Gasteiger partial charge < -0.3 is 38.6 Å². The van der Waals surface area contributed by atoms with Crippen LogP contribution in [0, 0.1) is 41.3 Å². The van der Waals surface area contributed by atoms with Crippen LogP contribution < -0.4 is 15.1 Å². The number of imidazole rings is 2. The number of anilines is 3. The molecule has 0 amide bonds. The molecule has 12 heterocycles. The SMILES string of the molecule is CCC1CCN(c2ccc3c(c2)Cn2cc(-c4ccc(C#N)cc4)cc2-c2ncc(C)n2-3)C1.CN(C)[C@@H]1CCN(c2ccc3c(c2)Cn2cc(-c4ccc(F)cc4)cc2-c2nccn2-3)C1.CN1CCC(Nc2ccc3c(c2)Cn2cc(-c4ccc(C#N)cc4)cc2-c2nncn2-3)C1. The van der Waals surface area contributed by atoms with Gasteiger partial charge >= 0.3 is 0 Å². The number of likely N-dealkylation sites (tertiary alicyclic amines) is 1. The minimum atomic E-state index is -0.218. The normalized spacial score (nSPS) is 17.0. The van der Waals surface area contributed by atoms with Crippen molar-refractivity contribution >= 4 is 17.1 Å². The monoisotopic (exact) mass is 1280 g/mol. The molecule has 1 N–H and O–H groups in total. The molecular formula is C79H76FN17. The Kier molecular flexibility index (Phi) is 15.9. The Balaban J connectivity index is 0.000000114. The van der Waals surface area contributed by atoms with Crippen molar-refractivity contribution in [1.29, 1.82) is 10.5 Å². The van der Waals surface area contributed by atoms with Crippen LogP contribution in [0.5, 0.6) is 0 Å². The second-order valence-corrected chi connectivity index (χ2v) is 27.0. The molecule has 484 valence electrons. The average molecular weight is 1280 g/mol. The van der Waals surface area contributed by atoms with Gasteiger partial charge in [-0.3, -0.25) is 13.7 Å². The summed E-state index contributed by atoms with van der Waals surface area (Å²) < 4.78 is 26.8. The van der Waals surface area contributed by atoms with E-state index < -0.39 is 0 Å². The molecule has 0 bridgehead atoms. The van der Waals surface area contributed by atoms with Gasteiger partial charge in [-0.05, 0) is 202 Å². The summed E-state index contributed by atoms with van der Waals surface area (Å²) in [6, 6.07) is 54.5. The summed E-state index contributed by atoms with van der Waals surface area (Å²) in [5.41, 5.74) is 23.3. The molecule has 6 aliphatic rings. The van der Waals surface area contributed by atoms with Crippen LogP contribution in [0.3, 0.4) is 0 Å². The lowest BCUT2D eigenvalue weighted by Gasteiger charge is -2.23. The smallest absolute Gasteiger partial charge is 0.185 e. The molecule has 3 fully saturated rings. The van der Waals surface area contributed by atoms with E-state index in [9.17, 15) is 4.39 Å². The number of hydrogen-bond acceptors (Lipinski definition) is 11. The lowest BCUT2D eigenvalue weighted by molar-refractivity contribution is 0.315. The van der Waals surface area contributed by atoms with Crippen molar-refractivity contribution in [2.75, 3.05) is 75.5 Å². The third-order valence-corrected chi connectivity index (χ3v) is 20.6. The van der Waals surface area contributed by atoms with Gasteiger partial charge in [-0.25, -0.2) is 14.4 Å². The maximum absolute atomic E-state index is 13.4. The van der Waals surface area contributed by atoms with Crippen LogP contribution in [-0.4, -0.2) is 130 Å². The van der Waals surface area contributed by atoms with Crippen LogP contribution in [0.25, 0.3) is 85.0 Å². The lowest BCUT2D eigenvalue weighted by Crippen LogP contribution is -2.31. The summed E-state index contributed by atoms with van der Waals surface area (Å²) in [5, 5.41) is 30.6. The van der Waals surface area contributed by atoms with Gasteiger partial charge in [0.25, 0.3) is 0 Å². The van der Waals surface area contributed by atoms with Crippen molar-refractivity contribution in [2.24, 2.45) is 5.92 Å². The summed E-state index contributed by atoms with van der Waals surface area (Å²) in [5.74, 6) is 3.33. The zero-order valence-electron chi connectivity index (χ0n) is 55.4. The molecule has 0 radical (unpaired) electrons. The summed E-state index contributed by atoms with van der Waals surface area (Å²) in [6.07, 6.45) is 19.1. The Hall–Kier alpha value is -11.1. The quantitative estimate of drug-likeness (QED) is 0.147. The molecular weight excluding hydrogens is 1210 g/mol. The highest BCUT2D eigenvalue weighted by Crippen LogP contribution is 2.41. The standard InChI is InChI=1S/C28H27N5.C26H26FN5.C25H23N7/c1-3-20-10-11-31(16-20)25-8-9-26-24(12-25)18-32-17-23(22-6-4-21(14-29)5-7-22)13-27(32)28-30-15-19(2)33(26)28;1-29(2)23-9-11-30(17-23)22-7-8-24-20(13-22)16-31-15-19(18-3-5-21(27)6-4-18)14-25(31)26-28-10-12-32(24)26;1-30-9-8-22(15-30)28-21-6-7-23-20(10-21)14-31-13-19(18-4-2-17(12-26)3-5-18)11-24(31)25-29-27-16-32(23)25/h4-9,12-13,15,17,20H,3,10-11,16,18H2,1-2H3;3-8,10,12-15,23H,9,11,16-17H2,1-2H3;2-7,10-11,13,16,22,28H,8-9,14-15H2,1H3/t;23-;/m.1./s1. The number of aryl methyl sites for hydroxylation is 1. The molecule has 17 nitrogen and oxygen atoms in total. The fraction of sp³-hybridized carbons (Fsp3) is 0.266. The molecule has 97 heavy (non-hydrogen) atoms. The Labute approximate surface area is 564 Å². The van der Waals surface area contributed by atoms with Crippen molar-refractivity contribution in [2.45, 2.75) is 71.2 Å². The molecule has 18 rings (SSSR count). The van der Waals surface area contributed by atoms with Gasteiger partial charge in [0.05, 0.1) is 57.4 Å². The van der Waals surface area contributed by atoms with Gasteiger partial charge in [-0.15, -0.1) is 10.2 Å². The lowest BCUT2D eigenvalue weighted by atomic mass is 10.1. The second kappa shape index (κ2) is 25.3. The summed E-state index contributed by atoms with van der Waals surface area (Å²) in [4.78, 5) is 19.2. The number of halogens is 1. The van der Waals surface area contributed by atoms with E-state index in [1.807, 2.05) is 79.3 Å². The van der Waals surface area contributed by atoms with E-state index in [1.165, 1.54) is 77.3 Å². The van der Waals surface area contributed by atoms with Crippen molar-refractivity contribution < 1.29 is 4.39 Å². The number of benzene rings is 6. The third kappa shape index (κ3) is 11.7. The summed E-state index contributed by atoms with van der Waals surface area (Å²) in [7, 11) is 6.50. The minimum absolute atomic E-state index is 0.218. The first kappa shape index (κ1) is 60.9. The molecule has 0 aliphatic carbocycles. The third-order valence-electron chi connectivity index (χ3n) is 20.6. The van der Waals surface area contributed by atoms with Crippen LogP contribution in [-0.2, 0) is 19.6 Å². The van der Waals surface area contributed by atoms with E-state index >= 15 is 0 Å². The first-order valence-corrected chi connectivity index (χ1v) is 33.8. The molecule has 6 aromatic heterocycles. The number of rotatable bonds is 9. The minimum Gasteiger partial charge on any atom is -0.381 e. The number of likely N-dealkylation sites (N-methyl/N-ethyl adjacent to an activating group) is 2. The van der Waals surface area contributed by atoms with Gasteiger partial charge in [0.2, 0.25) is 0 Å². The van der Waals surface area contributed by atoms with E-state index in [2.05, 4.69) is 206 Å². The van der Waals surface area contributed by atoms with Crippen LogP contribution in [0.1, 0.15) is 66.1 Å². The van der Waals surface area contributed by atoms with Crippen molar-refractivity contribution in [3.63, 3.8) is 0 Å². The van der Waals surface area contributed by atoms with E-state index in [0.29, 0.717) is 23.2 Å². The predicted octanol–water partition coefficient (Wildman–Crippen LogP) is 14.2. The van der Waals surface area contributed by atoms with Crippen molar-refractivity contribution in [3.8, 4) is 97.1 Å². The van der Waals surface area contributed by atoms with Crippen LogP contribution in [0.4, 0.5) is 21.5 Å². The van der Waals surface area contributed by atoms with E-state index in [0.717, 1.165) is 150 Å². The predicted molar refractivity (Wildman–Crippen MR) is 381 cm³/mol. The number of nitriles is 2. The number of nitrogens with one attached hydrogen (secondary N) is 1. The molecule has 3 saturated heterocycles. The largest absolute Gasteiger partial charge is 0.381 e. The molecule has 6 aliphatic heterocycles. The van der Waals surface area contributed by atoms with Crippen molar-refractivity contribution in [3.05, 3.63) is 228 Å². The number of aromatic nitrogens is 10. The average Bonchev–Trinajstić information content (AvgIpc) is 1.79. The van der Waals surface area contributed by atoms with E-state index in [1.54, 1.807) is 6.33 Å². The molecule has 0 saturated carbocycles. The fourth-order valence-electron chi connectivity index (χ4n) is 15.2. The Morgan fingerprint density at radius 2 is 1.12 bits per heavy atom. The van der Waals surface area contributed by atoms with Gasteiger partial charge in [0.15, 0.2) is 17.5 Å². The molecule has 0 spiro atoms. The summed E-state index contributed by atoms with van der Waals surface area (Å²) in [6.45, 7) is 13.4. The van der Waals surface area contributed by atoms with Crippen LogP contribution in [0.2, 0.25) is 0 Å². The van der Waals surface area contributed by atoms with E-state index in [4.69, 9.17) is 15.5 Å². The maximum atomic E-state index is 13.4. The highest BCUT2D eigenvalue weighted by atomic mass is 19.1. The Morgan fingerprint density at radius 1 is 0.567 bits per heavy atom. The highest BCUT2D eigenvalue weighted by molar-refractivity contribution is 5.76. The fourth-order valence-corrected chi connectivity index (χ4v) is 15.2. The molecule has 12 aromatic rings.